The first-order valence-corrected chi connectivity index (χ1v) is 10.3. The molecular weight excluding hydrogens is 344 g/mol. The van der Waals surface area contributed by atoms with Crippen molar-refractivity contribution in [2.24, 2.45) is 11.7 Å². The van der Waals surface area contributed by atoms with E-state index in [1.165, 1.54) is 0 Å². The number of aromatic nitrogens is 1. The van der Waals surface area contributed by atoms with Crippen molar-refractivity contribution in [3.8, 4) is 0 Å². The largest absolute Gasteiger partial charge is 0.360 e. The topological polar surface area (TPSA) is 101 Å². The fraction of sp³-hybridized carbons (Fsp3) is 0.750. The van der Waals surface area contributed by atoms with Gasteiger partial charge in [-0.3, -0.25) is 9.59 Å². The van der Waals surface area contributed by atoms with Gasteiger partial charge in [-0.15, -0.1) is 0 Å². The standard InChI is InChI=1S/C20H30N4O3/c1-12-10-16(22-19(25)17-11-18(27-23-17)13-2-3-13)8-9-24(12)20(26)14-4-6-15(21)7-5-14/h11-16H,2-10,21H2,1H3,(H,22,25)/t12-,14?,15?,16-/m1/s1. The third kappa shape index (κ3) is 4.18. The average molecular weight is 374 g/mol. The van der Waals surface area contributed by atoms with Gasteiger partial charge < -0.3 is 20.5 Å². The molecule has 4 rings (SSSR count). The van der Waals surface area contributed by atoms with Gasteiger partial charge in [-0.1, -0.05) is 5.16 Å². The Bertz CT molecular complexity index is 691. The van der Waals surface area contributed by atoms with Crippen LogP contribution in [-0.4, -0.2) is 46.5 Å². The second-order valence-corrected chi connectivity index (χ2v) is 8.58. The van der Waals surface area contributed by atoms with Crippen molar-refractivity contribution in [1.29, 1.82) is 0 Å². The molecule has 2 atom stereocenters. The molecule has 1 aromatic heterocycles. The van der Waals surface area contributed by atoms with E-state index in [1.807, 2.05) is 4.90 Å². The highest BCUT2D eigenvalue weighted by Crippen LogP contribution is 2.40. The van der Waals surface area contributed by atoms with Crippen molar-refractivity contribution in [3.05, 3.63) is 17.5 Å². The number of nitrogens with one attached hydrogen (secondary N) is 1. The van der Waals surface area contributed by atoms with Crippen LogP contribution in [0, 0.1) is 5.92 Å². The zero-order chi connectivity index (χ0) is 19.0. The molecule has 7 heteroatoms. The van der Waals surface area contributed by atoms with Gasteiger partial charge >= 0.3 is 0 Å². The van der Waals surface area contributed by atoms with Crippen LogP contribution in [0.25, 0.3) is 0 Å². The van der Waals surface area contributed by atoms with Crippen LogP contribution in [0.1, 0.15) is 80.5 Å². The van der Waals surface area contributed by atoms with Gasteiger partial charge in [-0.25, -0.2) is 0 Å². The van der Waals surface area contributed by atoms with E-state index in [0.29, 0.717) is 18.2 Å². The molecule has 3 fully saturated rings. The second kappa shape index (κ2) is 7.62. The smallest absolute Gasteiger partial charge is 0.273 e. The van der Waals surface area contributed by atoms with Gasteiger partial charge in [0, 0.05) is 42.6 Å². The molecule has 0 unspecified atom stereocenters. The lowest BCUT2D eigenvalue weighted by molar-refractivity contribution is -0.140. The Hall–Kier alpha value is -1.89. The summed E-state index contributed by atoms with van der Waals surface area (Å²) in [6.45, 7) is 2.77. The molecule has 2 aliphatic carbocycles. The van der Waals surface area contributed by atoms with Crippen LogP contribution < -0.4 is 11.1 Å². The quantitative estimate of drug-likeness (QED) is 0.841. The molecule has 2 amide bonds. The fourth-order valence-electron chi connectivity index (χ4n) is 4.45. The summed E-state index contributed by atoms with van der Waals surface area (Å²) in [6.07, 6.45) is 7.48. The minimum Gasteiger partial charge on any atom is -0.360 e. The summed E-state index contributed by atoms with van der Waals surface area (Å²) >= 11 is 0. The number of nitrogens with two attached hydrogens (primary N) is 1. The first-order valence-electron chi connectivity index (χ1n) is 10.3. The summed E-state index contributed by atoms with van der Waals surface area (Å²) in [5.74, 6) is 1.48. The fourth-order valence-corrected chi connectivity index (χ4v) is 4.45. The Morgan fingerprint density at radius 3 is 2.59 bits per heavy atom. The van der Waals surface area contributed by atoms with E-state index in [-0.39, 0.29) is 35.9 Å². The number of hydrogen-bond donors (Lipinski definition) is 2. The number of rotatable bonds is 4. The molecule has 2 saturated carbocycles. The lowest BCUT2D eigenvalue weighted by Crippen LogP contribution is -2.52. The average Bonchev–Trinajstić information content (AvgIpc) is 3.38. The van der Waals surface area contributed by atoms with Crippen molar-refractivity contribution < 1.29 is 14.1 Å². The van der Waals surface area contributed by atoms with Crippen LogP contribution in [0.2, 0.25) is 0 Å². The van der Waals surface area contributed by atoms with E-state index in [0.717, 1.165) is 57.1 Å². The normalized spacial score (nSPS) is 31.6. The van der Waals surface area contributed by atoms with Gasteiger partial charge in [0.1, 0.15) is 5.76 Å². The monoisotopic (exact) mass is 374 g/mol. The first kappa shape index (κ1) is 18.5. The number of carbonyl (C=O) groups is 2. The van der Waals surface area contributed by atoms with Gasteiger partial charge in [0.25, 0.3) is 5.91 Å². The maximum Gasteiger partial charge on any atom is 0.273 e. The lowest BCUT2D eigenvalue weighted by Gasteiger charge is -2.40. The minimum absolute atomic E-state index is 0.0670. The van der Waals surface area contributed by atoms with E-state index in [4.69, 9.17) is 10.3 Å². The highest BCUT2D eigenvalue weighted by atomic mass is 16.5. The Labute approximate surface area is 160 Å². The molecule has 3 aliphatic rings. The molecule has 0 aromatic carbocycles. The van der Waals surface area contributed by atoms with E-state index in [1.54, 1.807) is 6.07 Å². The molecule has 1 aromatic rings. The lowest BCUT2D eigenvalue weighted by atomic mass is 9.84. The molecule has 0 radical (unpaired) electrons. The molecule has 0 bridgehead atoms. The van der Waals surface area contributed by atoms with Crippen LogP contribution in [0.5, 0.6) is 0 Å². The summed E-state index contributed by atoms with van der Waals surface area (Å²) in [4.78, 5) is 27.3. The molecule has 2 heterocycles. The van der Waals surface area contributed by atoms with E-state index < -0.39 is 0 Å². The van der Waals surface area contributed by atoms with Gasteiger partial charge in [0.05, 0.1) is 0 Å². The Morgan fingerprint density at radius 2 is 1.93 bits per heavy atom. The Balaban J connectivity index is 1.28. The predicted octanol–water partition coefficient (Wildman–Crippen LogP) is 2.18. The Morgan fingerprint density at radius 1 is 1.19 bits per heavy atom. The molecule has 7 nitrogen and oxygen atoms in total. The predicted molar refractivity (Wildman–Crippen MR) is 100 cm³/mol. The zero-order valence-electron chi connectivity index (χ0n) is 16.0. The van der Waals surface area contributed by atoms with Crippen LogP contribution >= 0.6 is 0 Å². The molecule has 0 spiro atoms. The van der Waals surface area contributed by atoms with Gasteiger partial charge in [0.2, 0.25) is 5.91 Å². The molecule has 3 N–H and O–H groups in total. The third-order valence-corrected chi connectivity index (χ3v) is 6.36. The number of carbonyl (C=O) groups excluding carboxylic acids is 2. The summed E-state index contributed by atoms with van der Waals surface area (Å²) in [6, 6.07) is 2.22. The van der Waals surface area contributed by atoms with E-state index in [9.17, 15) is 9.59 Å². The van der Waals surface area contributed by atoms with Crippen molar-refractivity contribution >= 4 is 11.8 Å². The molecule has 148 valence electrons. The highest BCUT2D eigenvalue weighted by molar-refractivity contribution is 5.92. The van der Waals surface area contributed by atoms with Crippen LogP contribution in [0.4, 0.5) is 0 Å². The summed E-state index contributed by atoms with van der Waals surface area (Å²) in [7, 11) is 0. The second-order valence-electron chi connectivity index (χ2n) is 8.58. The van der Waals surface area contributed by atoms with E-state index in [2.05, 4.69) is 17.4 Å². The van der Waals surface area contributed by atoms with Gasteiger partial charge in [0.15, 0.2) is 5.69 Å². The van der Waals surface area contributed by atoms with Crippen LogP contribution in [0.3, 0.4) is 0 Å². The minimum atomic E-state index is -0.177. The van der Waals surface area contributed by atoms with Crippen molar-refractivity contribution in [2.45, 2.75) is 82.3 Å². The van der Waals surface area contributed by atoms with Crippen LogP contribution in [-0.2, 0) is 4.79 Å². The maximum absolute atomic E-state index is 12.9. The molecule has 27 heavy (non-hydrogen) atoms. The van der Waals surface area contributed by atoms with Crippen LogP contribution in [0.15, 0.2) is 10.6 Å². The summed E-state index contributed by atoms with van der Waals surface area (Å²) in [5, 5.41) is 6.98. The molecular formula is C20H30N4O3. The SMILES string of the molecule is C[C@@H]1C[C@H](NC(=O)c2cc(C3CC3)on2)CCN1C(=O)C1CCC(N)CC1. The first-order chi connectivity index (χ1) is 13.0. The van der Waals surface area contributed by atoms with Crippen molar-refractivity contribution in [1.82, 2.24) is 15.4 Å². The molecule has 1 aliphatic heterocycles. The number of amides is 2. The number of likely N-dealkylation sites (tertiary alicyclic amines) is 1. The number of hydrogen-bond acceptors (Lipinski definition) is 5. The number of nitrogens with zero attached hydrogens (tertiary/aromatic N) is 2. The summed E-state index contributed by atoms with van der Waals surface area (Å²) in [5.41, 5.74) is 6.32. The molecule has 1 saturated heterocycles. The van der Waals surface area contributed by atoms with Gasteiger partial charge in [-0.2, -0.15) is 0 Å². The highest BCUT2D eigenvalue weighted by Gasteiger charge is 2.35. The maximum atomic E-state index is 12.9. The zero-order valence-corrected chi connectivity index (χ0v) is 16.0. The third-order valence-electron chi connectivity index (χ3n) is 6.36. The van der Waals surface area contributed by atoms with Gasteiger partial charge in [-0.05, 0) is 58.3 Å². The van der Waals surface area contributed by atoms with E-state index >= 15 is 0 Å². The Kier molecular flexibility index (Phi) is 5.21. The van der Waals surface area contributed by atoms with Crippen molar-refractivity contribution in [2.75, 3.05) is 6.54 Å². The summed E-state index contributed by atoms with van der Waals surface area (Å²) < 4.78 is 5.27. The van der Waals surface area contributed by atoms with Crippen molar-refractivity contribution in [3.63, 3.8) is 0 Å². The number of piperidine rings is 1.